The number of hydrogen-bond acceptors (Lipinski definition) is 4. The minimum Gasteiger partial charge on any atom is -0.488 e. The highest BCUT2D eigenvalue weighted by molar-refractivity contribution is 5.79. The van der Waals surface area contributed by atoms with Gasteiger partial charge in [0.05, 0.1) is 13.2 Å². The van der Waals surface area contributed by atoms with Crippen LogP contribution in [0.15, 0.2) is 18.2 Å². The summed E-state index contributed by atoms with van der Waals surface area (Å²) in [5.74, 6) is -0.796. The summed E-state index contributed by atoms with van der Waals surface area (Å²) in [5, 5.41) is 0. The van der Waals surface area contributed by atoms with E-state index in [1.165, 1.54) is 13.2 Å². The Morgan fingerprint density at radius 3 is 2.74 bits per heavy atom. The molecule has 1 aromatic carbocycles. The summed E-state index contributed by atoms with van der Waals surface area (Å²) < 4.78 is 23.6. The van der Waals surface area contributed by atoms with Gasteiger partial charge in [-0.15, -0.1) is 0 Å². The molecule has 0 radical (unpaired) electrons. The largest absolute Gasteiger partial charge is 0.488 e. The quantitative estimate of drug-likeness (QED) is 0.832. The standard InChI is InChI=1S/C14H20FNO3/c1-9-5-6-11(15)12(7-9)19-10(2)8-14(3,16)13(17)18-4/h5-7,10H,8,16H2,1-4H3. The predicted octanol–water partition coefficient (Wildman–Crippen LogP) is 2.18. The van der Waals surface area contributed by atoms with E-state index in [4.69, 9.17) is 10.5 Å². The Labute approximate surface area is 112 Å². The maximum atomic E-state index is 13.5. The van der Waals surface area contributed by atoms with E-state index in [0.717, 1.165) is 5.56 Å². The second kappa shape index (κ2) is 6.02. The van der Waals surface area contributed by atoms with Crippen molar-refractivity contribution >= 4 is 5.97 Å². The van der Waals surface area contributed by atoms with Gasteiger partial charge in [0.25, 0.3) is 0 Å². The van der Waals surface area contributed by atoms with Gasteiger partial charge in [0, 0.05) is 6.42 Å². The van der Waals surface area contributed by atoms with Crippen molar-refractivity contribution in [3.8, 4) is 5.75 Å². The third-order valence-electron chi connectivity index (χ3n) is 2.78. The molecule has 2 unspecified atom stereocenters. The minimum atomic E-state index is -1.16. The smallest absolute Gasteiger partial charge is 0.325 e. The van der Waals surface area contributed by atoms with Crippen LogP contribution in [0.5, 0.6) is 5.75 Å². The summed E-state index contributed by atoms with van der Waals surface area (Å²) in [6.45, 7) is 5.14. The van der Waals surface area contributed by atoms with Crippen LogP contribution >= 0.6 is 0 Å². The van der Waals surface area contributed by atoms with Gasteiger partial charge in [0.1, 0.15) is 5.54 Å². The molecule has 0 aliphatic heterocycles. The number of esters is 1. The molecule has 19 heavy (non-hydrogen) atoms. The summed E-state index contributed by atoms with van der Waals surface area (Å²) in [6.07, 6.45) is -0.182. The number of hydrogen-bond donors (Lipinski definition) is 1. The third kappa shape index (κ3) is 4.21. The maximum Gasteiger partial charge on any atom is 0.325 e. The normalized spacial score (nSPS) is 15.5. The van der Waals surface area contributed by atoms with Crippen LogP contribution in [-0.2, 0) is 9.53 Å². The second-order valence-corrected chi connectivity index (χ2v) is 4.98. The Balaban J connectivity index is 2.72. The highest BCUT2D eigenvalue weighted by Gasteiger charge is 2.32. The molecule has 106 valence electrons. The molecule has 2 N–H and O–H groups in total. The molecule has 0 saturated carbocycles. The number of benzene rings is 1. The number of methoxy groups -OCH3 is 1. The zero-order valence-electron chi connectivity index (χ0n) is 11.7. The number of carbonyl (C=O) groups is 1. The van der Waals surface area contributed by atoms with Crippen molar-refractivity contribution in [3.05, 3.63) is 29.6 Å². The molecular weight excluding hydrogens is 249 g/mol. The van der Waals surface area contributed by atoms with E-state index in [1.807, 2.05) is 6.92 Å². The predicted molar refractivity (Wildman–Crippen MR) is 70.5 cm³/mol. The molecule has 4 nitrogen and oxygen atoms in total. The first-order valence-corrected chi connectivity index (χ1v) is 6.06. The van der Waals surface area contributed by atoms with Crippen LogP contribution in [0.3, 0.4) is 0 Å². The Morgan fingerprint density at radius 1 is 1.53 bits per heavy atom. The highest BCUT2D eigenvalue weighted by atomic mass is 19.1. The average molecular weight is 269 g/mol. The average Bonchev–Trinajstić information content (AvgIpc) is 2.32. The van der Waals surface area contributed by atoms with E-state index in [-0.39, 0.29) is 12.2 Å². The van der Waals surface area contributed by atoms with Gasteiger partial charge in [-0.1, -0.05) is 6.07 Å². The topological polar surface area (TPSA) is 61.5 Å². The zero-order chi connectivity index (χ0) is 14.6. The minimum absolute atomic E-state index is 0.160. The van der Waals surface area contributed by atoms with E-state index >= 15 is 0 Å². The van der Waals surface area contributed by atoms with E-state index in [0.29, 0.717) is 0 Å². The van der Waals surface area contributed by atoms with Crippen LogP contribution in [0.25, 0.3) is 0 Å². The molecule has 1 aromatic rings. The molecule has 0 aliphatic rings. The van der Waals surface area contributed by atoms with Crippen molar-refractivity contribution in [2.75, 3.05) is 7.11 Å². The van der Waals surface area contributed by atoms with Gasteiger partial charge in [-0.2, -0.15) is 0 Å². The Kier molecular flexibility index (Phi) is 4.89. The number of rotatable bonds is 5. The third-order valence-corrected chi connectivity index (χ3v) is 2.78. The molecule has 0 aromatic heterocycles. The fraction of sp³-hybridized carbons (Fsp3) is 0.500. The van der Waals surface area contributed by atoms with E-state index in [9.17, 15) is 9.18 Å². The number of nitrogens with two attached hydrogens (primary N) is 1. The first kappa shape index (κ1) is 15.4. The van der Waals surface area contributed by atoms with Gasteiger partial charge in [0.15, 0.2) is 11.6 Å². The molecule has 0 saturated heterocycles. The van der Waals surface area contributed by atoms with E-state index in [1.54, 1.807) is 26.0 Å². The first-order valence-electron chi connectivity index (χ1n) is 6.06. The summed E-state index contributed by atoms with van der Waals surface area (Å²) in [4.78, 5) is 11.5. The molecule has 0 heterocycles. The fourth-order valence-corrected chi connectivity index (χ4v) is 1.87. The number of aryl methyl sites for hydroxylation is 1. The number of carbonyl (C=O) groups excluding carboxylic acids is 1. The monoisotopic (exact) mass is 269 g/mol. The zero-order valence-corrected chi connectivity index (χ0v) is 11.7. The number of halogens is 1. The SMILES string of the molecule is COC(=O)C(C)(N)CC(C)Oc1cc(C)ccc1F. The molecular formula is C14H20FNO3. The Morgan fingerprint density at radius 2 is 2.16 bits per heavy atom. The lowest BCUT2D eigenvalue weighted by Crippen LogP contribution is -2.48. The van der Waals surface area contributed by atoms with Gasteiger partial charge in [-0.25, -0.2) is 4.39 Å². The molecule has 5 heteroatoms. The molecule has 0 fully saturated rings. The van der Waals surface area contributed by atoms with Crippen molar-refractivity contribution in [1.29, 1.82) is 0 Å². The van der Waals surface area contributed by atoms with Crippen LogP contribution in [0.2, 0.25) is 0 Å². The van der Waals surface area contributed by atoms with Gasteiger partial charge in [-0.05, 0) is 38.5 Å². The molecule has 0 aliphatic carbocycles. The molecule has 1 rings (SSSR count). The fourth-order valence-electron chi connectivity index (χ4n) is 1.87. The molecule has 0 spiro atoms. The maximum absolute atomic E-state index is 13.5. The first-order chi connectivity index (χ1) is 8.76. The second-order valence-electron chi connectivity index (χ2n) is 4.98. The Hall–Kier alpha value is -1.62. The van der Waals surface area contributed by atoms with E-state index < -0.39 is 23.4 Å². The van der Waals surface area contributed by atoms with Crippen LogP contribution in [0, 0.1) is 12.7 Å². The lowest BCUT2D eigenvalue weighted by Gasteiger charge is -2.25. The van der Waals surface area contributed by atoms with Gasteiger partial charge < -0.3 is 15.2 Å². The van der Waals surface area contributed by atoms with E-state index in [2.05, 4.69) is 4.74 Å². The molecule has 0 bridgehead atoms. The van der Waals surface area contributed by atoms with Crippen molar-refractivity contribution < 1.29 is 18.7 Å². The van der Waals surface area contributed by atoms with Crippen LogP contribution in [0.4, 0.5) is 4.39 Å². The van der Waals surface area contributed by atoms with Crippen molar-refractivity contribution in [2.45, 2.75) is 38.8 Å². The summed E-state index contributed by atoms with van der Waals surface area (Å²) in [7, 11) is 1.28. The summed E-state index contributed by atoms with van der Waals surface area (Å²) >= 11 is 0. The lowest BCUT2D eigenvalue weighted by atomic mass is 9.96. The number of ether oxygens (including phenoxy) is 2. The van der Waals surface area contributed by atoms with Crippen LogP contribution in [-0.4, -0.2) is 24.7 Å². The lowest BCUT2D eigenvalue weighted by molar-refractivity contribution is -0.147. The highest BCUT2D eigenvalue weighted by Crippen LogP contribution is 2.22. The Bertz CT molecular complexity index is 460. The van der Waals surface area contributed by atoms with Crippen molar-refractivity contribution in [2.24, 2.45) is 5.73 Å². The van der Waals surface area contributed by atoms with Gasteiger partial charge in [-0.3, -0.25) is 4.79 Å². The summed E-state index contributed by atoms with van der Waals surface area (Å²) in [5.41, 5.74) is 5.58. The van der Waals surface area contributed by atoms with Gasteiger partial charge in [0.2, 0.25) is 0 Å². The molecule has 2 atom stereocenters. The summed E-state index contributed by atoms with van der Waals surface area (Å²) in [6, 6.07) is 4.62. The van der Waals surface area contributed by atoms with Crippen molar-refractivity contribution in [3.63, 3.8) is 0 Å². The van der Waals surface area contributed by atoms with Crippen LogP contribution < -0.4 is 10.5 Å². The van der Waals surface area contributed by atoms with Gasteiger partial charge >= 0.3 is 5.97 Å². The molecule has 0 amide bonds. The van der Waals surface area contributed by atoms with Crippen molar-refractivity contribution in [1.82, 2.24) is 0 Å². The van der Waals surface area contributed by atoms with Crippen LogP contribution in [0.1, 0.15) is 25.8 Å².